The van der Waals surface area contributed by atoms with Crippen LogP contribution in [0.1, 0.15) is 30.9 Å². The molecule has 0 bridgehead atoms. The van der Waals surface area contributed by atoms with Crippen LogP contribution < -0.4 is 0 Å². The number of aryl methyl sites for hydroxylation is 1. The molecule has 2 nitrogen and oxygen atoms in total. The Hall–Kier alpha value is -0.540. The molecule has 0 saturated heterocycles. The molecule has 0 fully saturated rings. The van der Waals surface area contributed by atoms with Crippen LogP contribution in [-0.4, -0.2) is 14.2 Å². The number of hydrogen-bond donors (Lipinski definition) is 0. The van der Waals surface area contributed by atoms with Gasteiger partial charge in [0, 0.05) is 16.6 Å². The first-order chi connectivity index (χ1) is 7.29. The first-order valence-corrected chi connectivity index (χ1v) is 7.76. The van der Waals surface area contributed by atoms with Gasteiger partial charge in [-0.25, -0.2) is 8.42 Å². The van der Waals surface area contributed by atoms with E-state index in [-0.39, 0.29) is 17.6 Å². The minimum atomic E-state index is -3.45. The van der Waals surface area contributed by atoms with Gasteiger partial charge in [-0.2, -0.15) is 0 Å². The quantitative estimate of drug-likeness (QED) is 0.779. The number of rotatable bonds is 4. The Bertz CT molecular complexity index is 435. The molecule has 0 radical (unpaired) electrons. The van der Waals surface area contributed by atoms with Crippen molar-refractivity contribution in [3.05, 3.63) is 35.4 Å². The van der Waals surface area contributed by atoms with Crippen LogP contribution in [0, 0.1) is 12.8 Å². The summed E-state index contributed by atoms with van der Waals surface area (Å²) in [6.07, 6.45) is 0. The molecule has 0 aliphatic carbocycles. The molecule has 1 aromatic carbocycles. The van der Waals surface area contributed by atoms with Crippen molar-refractivity contribution in [2.45, 2.75) is 26.7 Å². The zero-order valence-electron chi connectivity index (χ0n) is 9.77. The topological polar surface area (TPSA) is 34.1 Å². The van der Waals surface area contributed by atoms with E-state index < -0.39 is 9.05 Å². The highest BCUT2D eigenvalue weighted by molar-refractivity contribution is 8.13. The van der Waals surface area contributed by atoms with E-state index in [0.717, 1.165) is 5.56 Å². The van der Waals surface area contributed by atoms with Crippen LogP contribution >= 0.6 is 10.7 Å². The van der Waals surface area contributed by atoms with Crippen molar-refractivity contribution < 1.29 is 8.42 Å². The van der Waals surface area contributed by atoms with E-state index in [4.69, 9.17) is 10.7 Å². The summed E-state index contributed by atoms with van der Waals surface area (Å²) in [6.45, 7) is 6.02. The molecule has 1 unspecified atom stereocenters. The summed E-state index contributed by atoms with van der Waals surface area (Å²) in [5.41, 5.74) is 2.20. The van der Waals surface area contributed by atoms with Gasteiger partial charge < -0.3 is 0 Å². The highest BCUT2D eigenvalue weighted by Crippen LogP contribution is 2.27. The number of benzene rings is 1. The molecule has 1 atom stereocenters. The molecule has 0 amide bonds. The first kappa shape index (κ1) is 13.5. The third kappa shape index (κ3) is 4.14. The Kier molecular flexibility index (Phi) is 4.39. The van der Waals surface area contributed by atoms with Crippen LogP contribution in [0.15, 0.2) is 24.3 Å². The van der Waals surface area contributed by atoms with Crippen molar-refractivity contribution in [3.63, 3.8) is 0 Å². The summed E-state index contributed by atoms with van der Waals surface area (Å²) in [4.78, 5) is 0. The fourth-order valence-corrected chi connectivity index (χ4v) is 3.12. The predicted octanol–water partition coefficient (Wildman–Crippen LogP) is 3.30. The molecular weight excluding hydrogens is 244 g/mol. The maximum absolute atomic E-state index is 11.2. The molecule has 90 valence electrons. The minimum Gasteiger partial charge on any atom is -0.212 e. The molecule has 0 N–H and O–H groups in total. The van der Waals surface area contributed by atoms with E-state index in [1.807, 2.05) is 45.0 Å². The Labute approximate surface area is 102 Å². The van der Waals surface area contributed by atoms with E-state index in [9.17, 15) is 8.42 Å². The van der Waals surface area contributed by atoms with E-state index in [1.165, 1.54) is 5.56 Å². The van der Waals surface area contributed by atoms with Gasteiger partial charge in [0.25, 0.3) is 0 Å². The first-order valence-electron chi connectivity index (χ1n) is 5.28. The molecule has 0 heterocycles. The van der Waals surface area contributed by atoms with Crippen molar-refractivity contribution in [2.24, 2.45) is 5.92 Å². The summed E-state index contributed by atoms with van der Waals surface area (Å²) in [5, 5.41) is 0. The van der Waals surface area contributed by atoms with Gasteiger partial charge in [-0.15, -0.1) is 0 Å². The maximum Gasteiger partial charge on any atom is 0.233 e. The van der Waals surface area contributed by atoms with Crippen molar-refractivity contribution in [3.8, 4) is 0 Å². The van der Waals surface area contributed by atoms with Gasteiger partial charge in [0.2, 0.25) is 9.05 Å². The van der Waals surface area contributed by atoms with Gasteiger partial charge >= 0.3 is 0 Å². The minimum absolute atomic E-state index is 0.00468. The standard InChI is InChI=1S/C12H17ClO2S/c1-9(2)12(8-16(13,14)15)11-6-4-10(3)5-7-11/h4-7,9,12H,8H2,1-3H3. The average molecular weight is 261 g/mol. The van der Waals surface area contributed by atoms with E-state index >= 15 is 0 Å². The molecule has 0 aliphatic heterocycles. The molecular formula is C12H17ClO2S. The second kappa shape index (κ2) is 5.19. The average Bonchev–Trinajstić information content (AvgIpc) is 2.14. The van der Waals surface area contributed by atoms with Crippen LogP contribution in [0.25, 0.3) is 0 Å². The van der Waals surface area contributed by atoms with Crippen molar-refractivity contribution >= 4 is 19.7 Å². The monoisotopic (exact) mass is 260 g/mol. The Balaban J connectivity index is 2.99. The van der Waals surface area contributed by atoms with Crippen molar-refractivity contribution in [1.82, 2.24) is 0 Å². The van der Waals surface area contributed by atoms with Crippen LogP contribution in [0.4, 0.5) is 0 Å². The van der Waals surface area contributed by atoms with E-state index in [2.05, 4.69) is 0 Å². The lowest BCUT2D eigenvalue weighted by molar-refractivity contribution is 0.525. The van der Waals surface area contributed by atoms with Crippen LogP contribution in [0.5, 0.6) is 0 Å². The van der Waals surface area contributed by atoms with Crippen molar-refractivity contribution in [1.29, 1.82) is 0 Å². The predicted molar refractivity (Wildman–Crippen MR) is 68.4 cm³/mol. The summed E-state index contributed by atoms with van der Waals surface area (Å²) >= 11 is 0. The molecule has 1 aromatic rings. The highest BCUT2D eigenvalue weighted by Gasteiger charge is 2.21. The fraction of sp³-hybridized carbons (Fsp3) is 0.500. The smallest absolute Gasteiger partial charge is 0.212 e. The summed E-state index contributed by atoms with van der Waals surface area (Å²) < 4.78 is 22.3. The lowest BCUT2D eigenvalue weighted by Gasteiger charge is -2.19. The molecule has 1 rings (SSSR count). The largest absolute Gasteiger partial charge is 0.233 e. The van der Waals surface area contributed by atoms with Crippen LogP contribution in [0.3, 0.4) is 0 Å². The fourth-order valence-electron chi connectivity index (χ4n) is 1.70. The lowest BCUT2D eigenvalue weighted by Crippen LogP contribution is -2.15. The molecule has 4 heteroatoms. The molecule has 16 heavy (non-hydrogen) atoms. The van der Waals surface area contributed by atoms with Gasteiger partial charge in [0.05, 0.1) is 5.75 Å². The second-order valence-electron chi connectivity index (χ2n) is 4.47. The van der Waals surface area contributed by atoms with Gasteiger partial charge in [-0.3, -0.25) is 0 Å². The van der Waals surface area contributed by atoms with E-state index in [0.29, 0.717) is 0 Å². The third-order valence-electron chi connectivity index (χ3n) is 2.69. The SMILES string of the molecule is Cc1ccc(C(CS(=O)(=O)Cl)C(C)C)cc1. The Morgan fingerprint density at radius 3 is 2.06 bits per heavy atom. The number of hydrogen-bond acceptors (Lipinski definition) is 2. The Morgan fingerprint density at radius 2 is 1.69 bits per heavy atom. The maximum atomic E-state index is 11.2. The summed E-state index contributed by atoms with van der Waals surface area (Å²) in [6, 6.07) is 7.93. The molecule has 0 aromatic heterocycles. The van der Waals surface area contributed by atoms with Crippen LogP contribution in [0.2, 0.25) is 0 Å². The van der Waals surface area contributed by atoms with Gasteiger partial charge in [0.15, 0.2) is 0 Å². The molecule has 0 saturated carbocycles. The van der Waals surface area contributed by atoms with E-state index in [1.54, 1.807) is 0 Å². The highest BCUT2D eigenvalue weighted by atomic mass is 35.7. The lowest BCUT2D eigenvalue weighted by atomic mass is 9.90. The second-order valence-corrected chi connectivity index (χ2v) is 7.29. The normalized spacial score (nSPS) is 14.1. The zero-order valence-corrected chi connectivity index (χ0v) is 11.3. The van der Waals surface area contributed by atoms with Crippen LogP contribution in [-0.2, 0) is 9.05 Å². The third-order valence-corrected chi connectivity index (χ3v) is 3.82. The van der Waals surface area contributed by atoms with Gasteiger partial charge in [-0.05, 0) is 18.4 Å². The summed E-state index contributed by atoms with van der Waals surface area (Å²) in [5.74, 6) is 0.203. The summed E-state index contributed by atoms with van der Waals surface area (Å²) in [7, 11) is 1.87. The van der Waals surface area contributed by atoms with Gasteiger partial charge in [-0.1, -0.05) is 43.7 Å². The van der Waals surface area contributed by atoms with Gasteiger partial charge in [0.1, 0.15) is 0 Å². The number of halogens is 1. The Morgan fingerprint density at radius 1 is 1.19 bits per heavy atom. The molecule has 0 spiro atoms. The zero-order chi connectivity index (χ0) is 12.3. The van der Waals surface area contributed by atoms with Crippen molar-refractivity contribution in [2.75, 3.05) is 5.75 Å². The molecule has 0 aliphatic rings.